The van der Waals surface area contributed by atoms with Gasteiger partial charge in [-0.2, -0.15) is 0 Å². The highest BCUT2D eigenvalue weighted by Crippen LogP contribution is 2.28. The van der Waals surface area contributed by atoms with Crippen molar-refractivity contribution in [3.05, 3.63) is 0 Å². The van der Waals surface area contributed by atoms with E-state index in [2.05, 4.69) is 0 Å². The van der Waals surface area contributed by atoms with E-state index < -0.39 is 15.5 Å². The fourth-order valence-electron chi connectivity index (χ4n) is 1.83. The van der Waals surface area contributed by atoms with Crippen molar-refractivity contribution in [1.29, 1.82) is 0 Å². The van der Waals surface area contributed by atoms with Crippen LogP contribution in [0.3, 0.4) is 0 Å². The number of halogens is 1. The Morgan fingerprint density at radius 3 is 2.36 bits per heavy atom. The summed E-state index contributed by atoms with van der Waals surface area (Å²) in [6.45, 7) is 1.49. The molecule has 1 atom stereocenters. The quantitative estimate of drug-likeness (QED) is 0.773. The molecule has 0 bridgehead atoms. The Kier molecular flexibility index (Phi) is 3.53. The van der Waals surface area contributed by atoms with Crippen molar-refractivity contribution in [2.75, 3.05) is 18.1 Å². The third-order valence-electron chi connectivity index (χ3n) is 2.81. The van der Waals surface area contributed by atoms with Crippen molar-refractivity contribution in [3.8, 4) is 0 Å². The predicted molar refractivity (Wildman–Crippen MR) is 54.6 cm³/mol. The number of alkyl halides is 1. The second kappa shape index (κ2) is 4.14. The average Bonchev–Trinajstić information content (AvgIpc) is 2.09. The number of rotatable bonds is 3. The maximum atomic E-state index is 13.5. The SMILES string of the molecule is CC(F)(CN)CC1CCS(=O)(=O)CC1. The van der Waals surface area contributed by atoms with Gasteiger partial charge in [0.25, 0.3) is 0 Å². The number of hydrogen-bond acceptors (Lipinski definition) is 3. The molecule has 2 N–H and O–H groups in total. The molecule has 1 aliphatic heterocycles. The molecule has 0 saturated carbocycles. The molecule has 0 aliphatic carbocycles. The Balaban J connectivity index is 2.44. The van der Waals surface area contributed by atoms with Crippen LogP contribution in [0, 0.1) is 5.92 Å². The van der Waals surface area contributed by atoms with E-state index in [-0.39, 0.29) is 24.0 Å². The van der Waals surface area contributed by atoms with Crippen LogP contribution in [0.4, 0.5) is 4.39 Å². The summed E-state index contributed by atoms with van der Waals surface area (Å²) in [6, 6.07) is 0. The van der Waals surface area contributed by atoms with Gasteiger partial charge in [0, 0.05) is 6.54 Å². The Hall–Kier alpha value is -0.160. The second-order valence-corrected chi connectivity index (χ2v) is 6.72. The highest BCUT2D eigenvalue weighted by molar-refractivity contribution is 7.91. The van der Waals surface area contributed by atoms with Crippen LogP contribution < -0.4 is 5.73 Å². The topological polar surface area (TPSA) is 60.2 Å². The summed E-state index contributed by atoms with van der Waals surface area (Å²) >= 11 is 0. The van der Waals surface area contributed by atoms with Gasteiger partial charge in [-0.1, -0.05) is 0 Å². The van der Waals surface area contributed by atoms with Crippen LogP contribution in [-0.4, -0.2) is 32.1 Å². The van der Waals surface area contributed by atoms with Crippen LogP contribution in [-0.2, 0) is 9.84 Å². The molecule has 1 aliphatic rings. The molecule has 84 valence electrons. The Morgan fingerprint density at radius 1 is 1.43 bits per heavy atom. The van der Waals surface area contributed by atoms with Crippen molar-refractivity contribution in [2.24, 2.45) is 11.7 Å². The van der Waals surface area contributed by atoms with Crippen LogP contribution in [0.5, 0.6) is 0 Å². The van der Waals surface area contributed by atoms with Crippen LogP contribution >= 0.6 is 0 Å². The molecule has 0 radical (unpaired) electrons. The molecule has 0 aromatic rings. The van der Waals surface area contributed by atoms with Gasteiger partial charge < -0.3 is 5.73 Å². The van der Waals surface area contributed by atoms with Crippen molar-refractivity contribution in [1.82, 2.24) is 0 Å². The molecule has 0 aromatic carbocycles. The summed E-state index contributed by atoms with van der Waals surface area (Å²) in [6.07, 6.45) is 1.56. The van der Waals surface area contributed by atoms with E-state index in [1.54, 1.807) is 0 Å². The molecule has 1 saturated heterocycles. The lowest BCUT2D eigenvalue weighted by Gasteiger charge is -2.27. The fraction of sp³-hybridized carbons (Fsp3) is 1.00. The van der Waals surface area contributed by atoms with Gasteiger partial charge in [0.1, 0.15) is 15.5 Å². The van der Waals surface area contributed by atoms with Gasteiger partial charge in [0.15, 0.2) is 0 Å². The normalized spacial score (nSPS) is 27.1. The van der Waals surface area contributed by atoms with Crippen molar-refractivity contribution in [2.45, 2.75) is 31.9 Å². The largest absolute Gasteiger partial charge is 0.328 e. The third-order valence-corrected chi connectivity index (χ3v) is 4.53. The Bertz CT molecular complexity index is 273. The number of nitrogens with two attached hydrogens (primary N) is 1. The van der Waals surface area contributed by atoms with Crippen LogP contribution in [0.1, 0.15) is 26.2 Å². The number of hydrogen-bond donors (Lipinski definition) is 1. The van der Waals surface area contributed by atoms with Crippen LogP contribution in [0.25, 0.3) is 0 Å². The Labute approximate surface area is 84.8 Å². The lowest BCUT2D eigenvalue weighted by molar-refractivity contribution is 0.150. The highest BCUT2D eigenvalue weighted by atomic mass is 32.2. The zero-order valence-electron chi connectivity index (χ0n) is 8.50. The third kappa shape index (κ3) is 3.53. The van der Waals surface area contributed by atoms with Gasteiger partial charge in [0.05, 0.1) is 11.5 Å². The minimum Gasteiger partial charge on any atom is -0.328 e. The summed E-state index contributed by atoms with van der Waals surface area (Å²) < 4.78 is 35.7. The Morgan fingerprint density at radius 2 is 1.93 bits per heavy atom. The lowest BCUT2D eigenvalue weighted by Crippen LogP contribution is -2.34. The molecule has 0 amide bonds. The van der Waals surface area contributed by atoms with Crippen molar-refractivity contribution in [3.63, 3.8) is 0 Å². The highest BCUT2D eigenvalue weighted by Gasteiger charge is 2.30. The first-order valence-electron chi connectivity index (χ1n) is 4.94. The first-order valence-corrected chi connectivity index (χ1v) is 6.76. The first kappa shape index (κ1) is 11.9. The van der Waals surface area contributed by atoms with Gasteiger partial charge in [-0.05, 0) is 32.1 Å². The van der Waals surface area contributed by atoms with Gasteiger partial charge in [0.2, 0.25) is 0 Å². The van der Waals surface area contributed by atoms with Crippen LogP contribution in [0.2, 0.25) is 0 Å². The van der Waals surface area contributed by atoms with Crippen molar-refractivity contribution < 1.29 is 12.8 Å². The summed E-state index contributed by atoms with van der Waals surface area (Å²) in [5, 5.41) is 0. The van der Waals surface area contributed by atoms with E-state index in [1.807, 2.05) is 0 Å². The van der Waals surface area contributed by atoms with Gasteiger partial charge >= 0.3 is 0 Å². The summed E-state index contributed by atoms with van der Waals surface area (Å²) in [5.74, 6) is 0.591. The van der Waals surface area contributed by atoms with E-state index in [9.17, 15) is 12.8 Å². The minimum atomic E-state index is -2.83. The zero-order chi connectivity index (χ0) is 10.8. The average molecular weight is 223 g/mol. The zero-order valence-corrected chi connectivity index (χ0v) is 9.32. The smallest absolute Gasteiger partial charge is 0.150 e. The van der Waals surface area contributed by atoms with E-state index in [0.717, 1.165) is 0 Å². The summed E-state index contributed by atoms with van der Waals surface area (Å²) in [4.78, 5) is 0. The molecule has 0 aromatic heterocycles. The molecule has 3 nitrogen and oxygen atoms in total. The number of sulfone groups is 1. The molecule has 1 heterocycles. The first-order chi connectivity index (χ1) is 6.35. The van der Waals surface area contributed by atoms with E-state index in [0.29, 0.717) is 19.3 Å². The maximum absolute atomic E-state index is 13.5. The predicted octanol–water partition coefficient (Wildman–Crippen LogP) is 0.888. The summed E-state index contributed by atoms with van der Waals surface area (Å²) in [5.41, 5.74) is 3.94. The molecule has 5 heteroatoms. The molecule has 1 fully saturated rings. The maximum Gasteiger partial charge on any atom is 0.150 e. The van der Waals surface area contributed by atoms with Gasteiger partial charge in [-0.3, -0.25) is 0 Å². The monoisotopic (exact) mass is 223 g/mol. The second-order valence-electron chi connectivity index (χ2n) is 4.42. The molecule has 0 spiro atoms. The van der Waals surface area contributed by atoms with E-state index in [1.165, 1.54) is 6.92 Å². The molecule has 1 rings (SSSR count). The van der Waals surface area contributed by atoms with Crippen LogP contribution in [0.15, 0.2) is 0 Å². The molecular formula is C9H18FNO2S. The van der Waals surface area contributed by atoms with E-state index >= 15 is 0 Å². The van der Waals surface area contributed by atoms with Crippen molar-refractivity contribution >= 4 is 9.84 Å². The standard InChI is InChI=1S/C9H18FNO2S/c1-9(10,7-11)6-8-2-4-14(12,13)5-3-8/h8H,2-7,11H2,1H3. The summed E-state index contributed by atoms with van der Waals surface area (Å²) in [7, 11) is -2.83. The minimum absolute atomic E-state index is 0.0102. The van der Waals surface area contributed by atoms with Gasteiger partial charge in [-0.25, -0.2) is 12.8 Å². The molecular weight excluding hydrogens is 205 g/mol. The molecule has 1 unspecified atom stereocenters. The van der Waals surface area contributed by atoms with Gasteiger partial charge in [-0.15, -0.1) is 0 Å². The fourth-order valence-corrected chi connectivity index (χ4v) is 3.42. The lowest BCUT2D eigenvalue weighted by atomic mass is 9.89. The van der Waals surface area contributed by atoms with E-state index in [4.69, 9.17) is 5.73 Å². The molecule has 14 heavy (non-hydrogen) atoms.